The predicted octanol–water partition coefficient (Wildman–Crippen LogP) is 2.06. The van der Waals surface area contributed by atoms with Crippen molar-refractivity contribution in [1.82, 2.24) is 9.88 Å². The maximum atomic E-state index is 12.4. The highest BCUT2D eigenvalue weighted by Crippen LogP contribution is 2.26. The number of nitrogens with zero attached hydrogens (tertiary/aromatic N) is 3. The molecule has 0 N–H and O–H groups in total. The molecule has 0 bridgehead atoms. The molecule has 1 aromatic heterocycles. The monoisotopic (exact) mass is 311 g/mol. The lowest BCUT2D eigenvalue weighted by Crippen LogP contribution is -2.51. The average Bonchev–Trinajstić information content (AvgIpc) is 3.15. The van der Waals surface area contributed by atoms with Gasteiger partial charge in [0.1, 0.15) is 6.10 Å². The molecule has 2 aromatic rings. The Balaban J connectivity index is 1.47. The van der Waals surface area contributed by atoms with Gasteiger partial charge in [0.05, 0.1) is 11.2 Å². The van der Waals surface area contributed by atoms with Crippen molar-refractivity contribution in [2.75, 3.05) is 37.7 Å². The third-order valence-electron chi connectivity index (χ3n) is 4.75. The summed E-state index contributed by atoms with van der Waals surface area (Å²) in [6.45, 7) is 3.91. The van der Waals surface area contributed by atoms with Crippen LogP contribution in [-0.2, 0) is 9.53 Å². The van der Waals surface area contributed by atoms with Crippen LogP contribution in [0.5, 0.6) is 0 Å². The molecule has 5 nitrogen and oxygen atoms in total. The predicted molar refractivity (Wildman–Crippen MR) is 89.5 cm³/mol. The number of rotatable bonds is 2. The van der Waals surface area contributed by atoms with Crippen LogP contribution in [0, 0.1) is 0 Å². The summed E-state index contributed by atoms with van der Waals surface area (Å²) >= 11 is 0. The van der Waals surface area contributed by atoms with Gasteiger partial charge in [-0.1, -0.05) is 18.2 Å². The summed E-state index contributed by atoms with van der Waals surface area (Å²) in [6, 6.07) is 10.3. The molecule has 2 saturated heterocycles. The smallest absolute Gasteiger partial charge is 0.251 e. The number of carbonyl (C=O) groups is 1. The van der Waals surface area contributed by atoms with Crippen LogP contribution in [-0.4, -0.2) is 54.7 Å². The summed E-state index contributed by atoms with van der Waals surface area (Å²) < 4.78 is 5.52. The van der Waals surface area contributed by atoms with E-state index in [-0.39, 0.29) is 12.0 Å². The summed E-state index contributed by atoms with van der Waals surface area (Å²) in [4.78, 5) is 21.2. The molecular formula is C18H21N3O2. The van der Waals surface area contributed by atoms with Crippen LogP contribution in [0.1, 0.15) is 12.8 Å². The fraction of sp³-hybridized carbons (Fsp3) is 0.444. The number of fused-ring (bicyclic) bond motifs is 1. The number of piperazine rings is 1. The van der Waals surface area contributed by atoms with Crippen LogP contribution < -0.4 is 4.90 Å². The molecule has 2 aliphatic rings. The maximum Gasteiger partial charge on any atom is 0.251 e. The number of amides is 1. The quantitative estimate of drug-likeness (QED) is 0.852. The fourth-order valence-corrected chi connectivity index (χ4v) is 3.49. The number of carbonyl (C=O) groups excluding carboxylic acids is 1. The summed E-state index contributed by atoms with van der Waals surface area (Å²) in [5, 5.41) is 1.16. The number of para-hydroxylation sites is 1. The Kier molecular flexibility index (Phi) is 3.87. The van der Waals surface area contributed by atoms with Gasteiger partial charge < -0.3 is 14.5 Å². The molecule has 120 valence electrons. The summed E-state index contributed by atoms with van der Waals surface area (Å²) in [6.07, 6.45) is 3.49. The normalized spacial score (nSPS) is 21.8. The molecule has 0 aliphatic carbocycles. The molecule has 2 aliphatic heterocycles. The third-order valence-corrected chi connectivity index (χ3v) is 4.75. The van der Waals surface area contributed by atoms with E-state index in [0.717, 1.165) is 62.2 Å². The van der Waals surface area contributed by atoms with Gasteiger partial charge in [-0.2, -0.15) is 0 Å². The molecule has 23 heavy (non-hydrogen) atoms. The van der Waals surface area contributed by atoms with E-state index in [1.807, 2.05) is 17.2 Å². The van der Waals surface area contributed by atoms with Gasteiger partial charge in [-0.25, -0.2) is 0 Å². The second-order valence-corrected chi connectivity index (χ2v) is 6.17. The Labute approximate surface area is 135 Å². The lowest BCUT2D eigenvalue weighted by molar-refractivity contribution is -0.141. The zero-order chi connectivity index (χ0) is 15.6. The molecule has 0 radical (unpaired) electrons. The van der Waals surface area contributed by atoms with E-state index in [1.54, 1.807) is 0 Å². The molecule has 1 unspecified atom stereocenters. The van der Waals surface area contributed by atoms with Crippen molar-refractivity contribution in [3.8, 4) is 0 Å². The maximum absolute atomic E-state index is 12.4. The van der Waals surface area contributed by atoms with Crippen molar-refractivity contribution >= 4 is 22.5 Å². The zero-order valence-corrected chi connectivity index (χ0v) is 13.1. The summed E-state index contributed by atoms with van der Waals surface area (Å²) in [5.41, 5.74) is 2.20. The highest BCUT2D eigenvalue weighted by molar-refractivity contribution is 5.91. The minimum Gasteiger partial charge on any atom is -0.368 e. The Hall–Kier alpha value is -2.14. The van der Waals surface area contributed by atoms with Crippen LogP contribution in [0.3, 0.4) is 0 Å². The highest BCUT2D eigenvalue weighted by atomic mass is 16.5. The molecule has 2 fully saturated rings. The molecule has 4 rings (SSSR count). The average molecular weight is 311 g/mol. The van der Waals surface area contributed by atoms with Crippen LogP contribution in [0.4, 0.5) is 5.69 Å². The second kappa shape index (κ2) is 6.16. The first-order valence-corrected chi connectivity index (χ1v) is 8.32. The zero-order valence-electron chi connectivity index (χ0n) is 13.1. The number of benzene rings is 1. The van der Waals surface area contributed by atoms with Gasteiger partial charge in [-0.15, -0.1) is 0 Å². The SMILES string of the molecule is O=C(C1CCCO1)N1CCN(c2cccc3cccnc23)CC1. The molecule has 1 atom stereocenters. The Bertz CT molecular complexity index is 699. The lowest BCUT2D eigenvalue weighted by atomic mass is 10.1. The second-order valence-electron chi connectivity index (χ2n) is 6.17. The minimum absolute atomic E-state index is 0.165. The van der Waals surface area contributed by atoms with E-state index in [2.05, 4.69) is 34.1 Å². The molecule has 5 heteroatoms. The Morgan fingerprint density at radius 1 is 1.13 bits per heavy atom. The van der Waals surface area contributed by atoms with Gasteiger partial charge >= 0.3 is 0 Å². The van der Waals surface area contributed by atoms with Crippen LogP contribution in [0.15, 0.2) is 36.5 Å². The van der Waals surface area contributed by atoms with Crippen LogP contribution in [0.2, 0.25) is 0 Å². The van der Waals surface area contributed by atoms with E-state index < -0.39 is 0 Å². The first-order valence-electron chi connectivity index (χ1n) is 8.32. The van der Waals surface area contributed by atoms with Gasteiger partial charge in [0, 0.05) is 44.4 Å². The van der Waals surface area contributed by atoms with Gasteiger partial charge in [-0.3, -0.25) is 9.78 Å². The molecule has 1 aromatic carbocycles. The molecule has 0 spiro atoms. The highest BCUT2D eigenvalue weighted by Gasteiger charge is 2.30. The van der Waals surface area contributed by atoms with Gasteiger partial charge in [-0.05, 0) is 25.0 Å². The lowest BCUT2D eigenvalue weighted by Gasteiger charge is -2.37. The Morgan fingerprint density at radius 3 is 2.74 bits per heavy atom. The third kappa shape index (κ3) is 2.77. The van der Waals surface area contributed by atoms with E-state index >= 15 is 0 Å². The van der Waals surface area contributed by atoms with Crippen molar-refractivity contribution in [2.24, 2.45) is 0 Å². The Morgan fingerprint density at radius 2 is 1.96 bits per heavy atom. The van der Waals surface area contributed by atoms with E-state index in [4.69, 9.17) is 4.74 Å². The van der Waals surface area contributed by atoms with E-state index in [0.29, 0.717) is 0 Å². The largest absolute Gasteiger partial charge is 0.368 e. The van der Waals surface area contributed by atoms with Crippen molar-refractivity contribution in [3.63, 3.8) is 0 Å². The molecule has 3 heterocycles. The summed E-state index contributed by atoms with van der Waals surface area (Å²) in [7, 11) is 0. The standard InChI is InChI=1S/C18H21N3O2/c22-18(16-7-3-13-23-16)21-11-9-20(10-12-21)15-6-1-4-14-5-2-8-19-17(14)15/h1-2,4-6,8,16H,3,7,9-13H2. The minimum atomic E-state index is -0.208. The number of aromatic nitrogens is 1. The number of pyridine rings is 1. The van der Waals surface area contributed by atoms with Gasteiger partial charge in [0.2, 0.25) is 0 Å². The fourth-order valence-electron chi connectivity index (χ4n) is 3.49. The number of hydrogen-bond acceptors (Lipinski definition) is 4. The number of ether oxygens (including phenoxy) is 1. The van der Waals surface area contributed by atoms with Crippen molar-refractivity contribution in [1.29, 1.82) is 0 Å². The van der Waals surface area contributed by atoms with Crippen molar-refractivity contribution in [2.45, 2.75) is 18.9 Å². The molecule has 0 saturated carbocycles. The summed E-state index contributed by atoms with van der Waals surface area (Å²) in [5.74, 6) is 0.165. The van der Waals surface area contributed by atoms with Crippen LogP contribution >= 0.6 is 0 Å². The molecular weight excluding hydrogens is 290 g/mol. The van der Waals surface area contributed by atoms with Crippen LogP contribution in [0.25, 0.3) is 10.9 Å². The number of hydrogen-bond donors (Lipinski definition) is 0. The topological polar surface area (TPSA) is 45.7 Å². The first-order chi connectivity index (χ1) is 11.3. The van der Waals surface area contributed by atoms with E-state index in [1.165, 1.54) is 0 Å². The first kappa shape index (κ1) is 14.5. The molecule has 1 amide bonds. The number of anilines is 1. The van der Waals surface area contributed by atoms with Crippen molar-refractivity contribution < 1.29 is 9.53 Å². The van der Waals surface area contributed by atoms with E-state index in [9.17, 15) is 4.79 Å². The van der Waals surface area contributed by atoms with Crippen molar-refractivity contribution in [3.05, 3.63) is 36.5 Å². The van der Waals surface area contributed by atoms with Gasteiger partial charge in [0.25, 0.3) is 5.91 Å². The van der Waals surface area contributed by atoms with Gasteiger partial charge in [0.15, 0.2) is 0 Å².